The predicted octanol–water partition coefficient (Wildman–Crippen LogP) is 2.80. The van der Waals surface area contributed by atoms with Gasteiger partial charge in [-0.05, 0) is 24.3 Å². The molecule has 3 aromatic rings. The van der Waals surface area contributed by atoms with E-state index in [4.69, 9.17) is 19.6 Å². The molecule has 0 saturated heterocycles. The fraction of sp³-hybridized carbons (Fsp3) is 0.111. The zero-order valence-corrected chi connectivity index (χ0v) is 13.7. The number of fused-ring (bicyclic) bond motifs is 1. The lowest BCUT2D eigenvalue weighted by Gasteiger charge is -2.12. The van der Waals surface area contributed by atoms with Crippen LogP contribution in [0.1, 0.15) is 20.9 Å². The maximum atomic E-state index is 12.7. The van der Waals surface area contributed by atoms with Crippen LogP contribution >= 0.6 is 0 Å². The third-order valence-electron chi connectivity index (χ3n) is 3.71. The number of hydrogen-bond donors (Lipinski definition) is 2. The Labute approximate surface area is 143 Å². The summed E-state index contributed by atoms with van der Waals surface area (Å²) in [4.78, 5) is 24.4. The summed E-state index contributed by atoms with van der Waals surface area (Å²) in [6, 6.07) is 11.9. The van der Waals surface area contributed by atoms with Crippen LogP contribution < -0.4 is 20.5 Å². The zero-order chi connectivity index (χ0) is 18.0. The molecule has 1 aromatic heterocycles. The van der Waals surface area contributed by atoms with Crippen LogP contribution in [0.5, 0.6) is 11.5 Å². The molecule has 0 aliphatic carbocycles. The van der Waals surface area contributed by atoms with Crippen molar-refractivity contribution in [1.82, 2.24) is 0 Å². The first-order valence-electron chi connectivity index (χ1n) is 7.40. The van der Waals surface area contributed by atoms with Gasteiger partial charge < -0.3 is 24.9 Å². The van der Waals surface area contributed by atoms with E-state index < -0.39 is 11.8 Å². The summed E-state index contributed by atoms with van der Waals surface area (Å²) in [5.41, 5.74) is 6.29. The topological polar surface area (TPSA) is 104 Å². The molecule has 128 valence electrons. The van der Waals surface area contributed by atoms with E-state index in [0.29, 0.717) is 16.7 Å². The summed E-state index contributed by atoms with van der Waals surface area (Å²) in [5, 5.41) is 3.26. The number of amides is 2. The number of nitrogens with two attached hydrogens (primary N) is 1. The van der Waals surface area contributed by atoms with Gasteiger partial charge in [0, 0.05) is 5.39 Å². The third kappa shape index (κ3) is 2.87. The number of carbonyl (C=O) groups excluding carboxylic acids is 2. The van der Waals surface area contributed by atoms with Crippen LogP contribution in [-0.2, 0) is 0 Å². The van der Waals surface area contributed by atoms with Gasteiger partial charge in [-0.2, -0.15) is 0 Å². The molecule has 7 heteroatoms. The Kier molecular flexibility index (Phi) is 4.30. The van der Waals surface area contributed by atoms with Crippen LogP contribution in [0, 0.1) is 0 Å². The molecule has 2 amide bonds. The van der Waals surface area contributed by atoms with Gasteiger partial charge in [-0.25, -0.2) is 0 Å². The number of carbonyl (C=O) groups is 2. The molecule has 0 bridgehead atoms. The van der Waals surface area contributed by atoms with Gasteiger partial charge in [0.15, 0.2) is 11.5 Å². The van der Waals surface area contributed by atoms with Gasteiger partial charge in [0.1, 0.15) is 11.3 Å². The highest BCUT2D eigenvalue weighted by molar-refractivity contribution is 6.15. The normalized spacial score (nSPS) is 10.5. The van der Waals surface area contributed by atoms with Crippen molar-refractivity contribution >= 4 is 28.5 Å². The number of benzene rings is 2. The maximum absolute atomic E-state index is 12.7. The molecule has 0 saturated carbocycles. The van der Waals surface area contributed by atoms with Crippen LogP contribution in [0.15, 0.2) is 46.9 Å². The van der Waals surface area contributed by atoms with Gasteiger partial charge in [0.25, 0.3) is 11.8 Å². The zero-order valence-electron chi connectivity index (χ0n) is 13.7. The minimum Gasteiger partial charge on any atom is -0.493 e. The average Bonchev–Trinajstić information content (AvgIpc) is 2.99. The van der Waals surface area contributed by atoms with Gasteiger partial charge in [-0.1, -0.05) is 18.2 Å². The second-order valence-electron chi connectivity index (χ2n) is 5.16. The smallest absolute Gasteiger partial charge is 0.286 e. The molecule has 0 aliphatic heterocycles. The molecule has 0 spiro atoms. The number of primary amides is 1. The van der Waals surface area contributed by atoms with Crippen molar-refractivity contribution < 1.29 is 23.5 Å². The molecule has 1 heterocycles. The van der Waals surface area contributed by atoms with Crippen molar-refractivity contribution in [3.05, 3.63) is 53.8 Å². The van der Waals surface area contributed by atoms with Gasteiger partial charge >= 0.3 is 0 Å². The molecule has 3 rings (SSSR count). The number of hydrogen-bond acceptors (Lipinski definition) is 5. The second-order valence-corrected chi connectivity index (χ2v) is 5.16. The second kappa shape index (κ2) is 6.56. The number of anilines is 1. The van der Waals surface area contributed by atoms with Gasteiger partial charge in [0.05, 0.1) is 19.8 Å². The van der Waals surface area contributed by atoms with E-state index in [1.165, 1.54) is 14.2 Å². The van der Waals surface area contributed by atoms with E-state index in [2.05, 4.69) is 5.32 Å². The first-order chi connectivity index (χ1) is 12.1. The Hall–Kier alpha value is -3.48. The number of nitrogens with one attached hydrogen (secondary N) is 1. The molecule has 7 nitrogen and oxygen atoms in total. The van der Waals surface area contributed by atoms with E-state index in [1.54, 1.807) is 42.5 Å². The van der Waals surface area contributed by atoms with E-state index in [0.717, 1.165) is 0 Å². The lowest BCUT2D eigenvalue weighted by Crippen LogP contribution is -2.17. The number of methoxy groups -OCH3 is 2. The van der Waals surface area contributed by atoms with Crippen molar-refractivity contribution in [2.75, 3.05) is 19.5 Å². The van der Waals surface area contributed by atoms with Crippen LogP contribution in [0.25, 0.3) is 11.0 Å². The highest BCUT2D eigenvalue weighted by Crippen LogP contribution is 2.34. The Morgan fingerprint density at radius 1 is 1.04 bits per heavy atom. The summed E-state index contributed by atoms with van der Waals surface area (Å²) in [7, 11) is 2.92. The van der Waals surface area contributed by atoms with Crippen molar-refractivity contribution in [2.24, 2.45) is 5.73 Å². The summed E-state index contributed by atoms with van der Waals surface area (Å²) in [6.07, 6.45) is 0. The quantitative estimate of drug-likeness (QED) is 0.743. The van der Waals surface area contributed by atoms with Gasteiger partial charge in [-0.3, -0.25) is 9.59 Å². The number of ether oxygens (including phenoxy) is 2. The lowest BCUT2D eigenvalue weighted by atomic mass is 10.1. The molecular weight excluding hydrogens is 324 g/mol. The Morgan fingerprint density at radius 3 is 2.48 bits per heavy atom. The fourth-order valence-corrected chi connectivity index (χ4v) is 2.59. The van der Waals surface area contributed by atoms with Crippen LogP contribution in [0.2, 0.25) is 0 Å². The highest BCUT2D eigenvalue weighted by Gasteiger charge is 2.23. The minimum atomic E-state index is -0.774. The Balaban J connectivity index is 2.06. The summed E-state index contributed by atoms with van der Waals surface area (Å²) in [6.45, 7) is 0. The van der Waals surface area contributed by atoms with Crippen molar-refractivity contribution in [2.45, 2.75) is 0 Å². The molecule has 25 heavy (non-hydrogen) atoms. The SMILES string of the molecule is COc1cccc(C(=O)Nc2c(C(N)=O)oc3ccccc23)c1OC. The molecule has 0 aliphatic rings. The van der Waals surface area contributed by atoms with E-state index in [1.807, 2.05) is 0 Å². The van der Waals surface area contributed by atoms with Crippen LogP contribution in [0.3, 0.4) is 0 Å². The summed E-state index contributed by atoms with van der Waals surface area (Å²) in [5.74, 6) is -0.663. The standard InChI is InChI=1S/C18H16N2O5/c1-23-13-9-5-7-11(15(13)24-2)18(22)20-14-10-6-3-4-8-12(10)25-16(14)17(19)21/h3-9H,1-2H3,(H2,19,21)(H,20,22). The van der Waals surface area contributed by atoms with Crippen molar-refractivity contribution in [3.63, 3.8) is 0 Å². The third-order valence-corrected chi connectivity index (χ3v) is 3.71. The van der Waals surface area contributed by atoms with Crippen molar-refractivity contribution in [1.29, 1.82) is 0 Å². The first kappa shape index (κ1) is 16.4. The molecular formula is C18H16N2O5. The van der Waals surface area contributed by atoms with E-state index in [-0.39, 0.29) is 22.8 Å². The number of para-hydroxylation sites is 2. The first-order valence-corrected chi connectivity index (χ1v) is 7.40. The maximum Gasteiger partial charge on any atom is 0.286 e. The Morgan fingerprint density at radius 2 is 1.80 bits per heavy atom. The molecule has 0 fully saturated rings. The average molecular weight is 340 g/mol. The Bertz CT molecular complexity index is 961. The molecule has 2 aromatic carbocycles. The van der Waals surface area contributed by atoms with Crippen molar-refractivity contribution in [3.8, 4) is 11.5 Å². The predicted molar refractivity (Wildman–Crippen MR) is 92.2 cm³/mol. The van der Waals surface area contributed by atoms with Crippen LogP contribution in [-0.4, -0.2) is 26.0 Å². The molecule has 0 radical (unpaired) electrons. The summed E-state index contributed by atoms with van der Waals surface area (Å²) >= 11 is 0. The molecule has 3 N–H and O–H groups in total. The lowest BCUT2D eigenvalue weighted by molar-refractivity contribution is 0.0977. The van der Waals surface area contributed by atoms with Crippen LogP contribution in [0.4, 0.5) is 5.69 Å². The largest absolute Gasteiger partial charge is 0.493 e. The van der Waals surface area contributed by atoms with Gasteiger partial charge in [0.2, 0.25) is 5.76 Å². The molecule has 0 unspecified atom stereocenters. The fourth-order valence-electron chi connectivity index (χ4n) is 2.59. The highest BCUT2D eigenvalue weighted by atomic mass is 16.5. The number of furan rings is 1. The monoisotopic (exact) mass is 340 g/mol. The van der Waals surface area contributed by atoms with Gasteiger partial charge in [-0.15, -0.1) is 0 Å². The summed E-state index contributed by atoms with van der Waals surface area (Å²) < 4.78 is 15.9. The minimum absolute atomic E-state index is 0.114. The van der Waals surface area contributed by atoms with E-state index in [9.17, 15) is 9.59 Å². The molecule has 0 atom stereocenters. The number of rotatable bonds is 5. The van der Waals surface area contributed by atoms with E-state index >= 15 is 0 Å².